The summed E-state index contributed by atoms with van der Waals surface area (Å²) in [5.41, 5.74) is 5.77. The van der Waals surface area contributed by atoms with E-state index in [9.17, 15) is 50.1 Å². The predicted molar refractivity (Wildman–Crippen MR) is 222 cm³/mol. The van der Waals surface area contributed by atoms with Crippen molar-refractivity contribution in [3.05, 3.63) is 41.5 Å². The van der Waals surface area contributed by atoms with Crippen molar-refractivity contribution < 1.29 is 78.6 Å². The van der Waals surface area contributed by atoms with Gasteiger partial charge in [0.2, 0.25) is 5.91 Å². The summed E-state index contributed by atoms with van der Waals surface area (Å²) < 4.78 is 36.7. The lowest BCUT2D eigenvalue weighted by Crippen LogP contribution is -2.68. The van der Waals surface area contributed by atoms with Crippen molar-refractivity contribution in [3.8, 4) is 5.75 Å². The molecule has 0 spiro atoms. The van der Waals surface area contributed by atoms with Crippen LogP contribution in [0.1, 0.15) is 90.9 Å². The highest BCUT2D eigenvalue weighted by atomic mass is 16.7. The monoisotopic (exact) mass is 892 g/mol. The van der Waals surface area contributed by atoms with Gasteiger partial charge in [-0.1, -0.05) is 45.4 Å². The van der Waals surface area contributed by atoms with Crippen LogP contribution in [0.2, 0.25) is 0 Å². The van der Waals surface area contributed by atoms with Crippen LogP contribution in [0.15, 0.2) is 35.9 Å². The summed E-state index contributed by atoms with van der Waals surface area (Å²) in [4.78, 5) is 37.8. The standard InChI is InChI=1S/C45H68N2O16/c1-20-12-13-30-44(6,25(20)17-26(58-8)31(46)39(55)56)15-14-29-43(4,5)38(54)27(18-45(29,30)7)60-42-35(53)37(36(21(2)59-42)62-40(57)23-10-9-11-24(50)16-23)63-41-32(47-22(3)49)34(52)33(51)28(19-48)61-41/h9-12,16,21,25-38,41-42,48,50-54H,13-15,17-19,46H2,1-8H3,(H,47,49)(H,55,56)/t21-,25+,26+,27+,28-,29-,30+,31+,32-,33-,34-,35-,36+,37+,38-,41+,42+,44+,45-/m1/s1. The molecular formula is C45H68N2O16. The molecule has 18 heteroatoms. The zero-order valence-electron chi connectivity index (χ0n) is 37.3. The third-order valence-corrected chi connectivity index (χ3v) is 15.4. The van der Waals surface area contributed by atoms with Gasteiger partial charge in [-0.05, 0) is 98.1 Å². The fourth-order valence-electron chi connectivity index (χ4n) is 12.1. The van der Waals surface area contributed by atoms with Crippen LogP contribution in [0.25, 0.3) is 0 Å². The molecule has 6 rings (SSSR count). The number of nitrogens with two attached hydrogens (primary N) is 1. The van der Waals surface area contributed by atoms with Crippen molar-refractivity contribution in [2.45, 2.75) is 166 Å². The van der Waals surface area contributed by atoms with Crippen molar-refractivity contribution in [2.75, 3.05) is 13.7 Å². The molecule has 0 bridgehead atoms. The van der Waals surface area contributed by atoms with Gasteiger partial charge in [-0.2, -0.15) is 0 Å². The van der Waals surface area contributed by atoms with E-state index in [2.05, 4.69) is 32.2 Å². The largest absolute Gasteiger partial charge is 0.508 e. The van der Waals surface area contributed by atoms with Crippen molar-refractivity contribution in [2.24, 2.45) is 39.7 Å². The third-order valence-electron chi connectivity index (χ3n) is 15.4. The number of aromatic hydroxyl groups is 1. The molecule has 2 saturated heterocycles. The summed E-state index contributed by atoms with van der Waals surface area (Å²) in [7, 11) is 1.48. The van der Waals surface area contributed by atoms with Crippen LogP contribution in [0.4, 0.5) is 0 Å². The molecule has 63 heavy (non-hydrogen) atoms. The summed E-state index contributed by atoms with van der Waals surface area (Å²) >= 11 is 0. The molecule has 10 N–H and O–H groups in total. The highest BCUT2D eigenvalue weighted by molar-refractivity contribution is 5.90. The summed E-state index contributed by atoms with van der Waals surface area (Å²) in [5, 5.41) is 78.6. The summed E-state index contributed by atoms with van der Waals surface area (Å²) in [6, 6.07) is 2.80. The Bertz CT molecular complexity index is 1850. The second kappa shape index (κ2) is 18.9. The third kappa shape index (κ3) is 9.28. The molecule has 19 atom stereocenters. The first-order valence-electron chi connectivity index (χ1n) is 21.9. The molecule has 2 saturated carbocycles. The molecular weight excluding hydrogens is 824 g/mol. The molecule has 2 heterocycles. The molecule has 18 nitrogen and oxygen atoms in total. The van der Waals surface area contributed by atoms with Gasteiger partial charge in [0, 0.05) is 14.0 Å². The average molecular weight is 893 g/mol. The lowest BCUT2D eigenvalue weighted by molar-refractivity contribution is -0.358. The van der Waals surface area contributed by atoms with Gasteiger partial charge in [0.25, 0.3) is 0 Å². The van der Waals surface area contributed by atoms with Gasteiger partial charge in [-0.25, -0.2) is 4.79 Å². The molecule has 3 aliphatic carbocycles. The van der Waals surface area contributed by atoms with Crippen molar-refractivity contribution in [1.82, 2.24) is 5.32 Å². The number of aliphatic hydroxyl groups is 5. The van der Waals surface area contributed by atoms with Crippen LogP contribution in [0.3, 0.4) is 0 Å². The quantitative estimate of drug-likeness (QED) is 0.0768. The maximum Gasteiger partial charge on any atom is 0.338 e. The number of ether oxygens (including phenoxy) is 6. The Labute approximate surface area is 368 Å². The fourth-order valence-corrected chi connectivity index (χ4v) is 12.1. The number of allylic oxidation sites excluding steroid dienone is 2. The van der Waals surface area contributed by atoms with E-state index < -0.39 is 121 Å². The van der Waals surface area contributed by atoms with E-state index in [0.717, 1.165) is 24.8 Å². The smallest absolute Gasteiger partial charge is 0.338 e. The molecule has 2 aliphatic heterocycles. The first-order chi connectivity index (χ1) is 29.5. The second-order valence-electron chi connectivity index (χ2n) is 19.6. The van der Waals surface area contributed by atoms with Gasteiger partial charge in [-0.15, -0.1) is 0 Å². The molecule has 0 unspecified atom stereocenters. The summed E-state index contributed by atoms with van der Waals surface area (Å²) in [6.07, 6.45) is -11.0. The van der Waals surface area contributed by atoms with Crippen molar-refractivity contribution in [3.63, 3.8) is 0 Å². The minimum atomic E-state index is -1.77. The number of rotatable bonds is 13. The first-order valence-corrected chi connectivity index (χ1v) is 21.9. The molecule has 354 valence electrons. The Morgan fingerprint density at radius 3 is 2.29 bits per heavy atom. The first kappa shape index (κ1) is 49.2. The van der Waals surface area contributed by atoms with E-state index in [4.69, 9.17) is 34.2 Å². The second-order valence-corrected chi connectivity index (χ2v) is 19.6. The number of carboxylic acid groups (broad SMARTS) is 1. The van der Waals surface area contributed by atoms with Crippen molar-refractivity contribution >= 4 is 17.8 Å². The van der Waals surface area contributed by atoms with Gasteiger partial charge in [-0.3, -0.25) is 9.59 Å². The van der Waals surface area contributed by atoms with Gasteiger partial charge in [0.1, 0.15) is 48.4 Å². The predicted octanol–water partition coefficient (Wildman–Crippen LogP) is 1.35. The zero-order chi connectivity index (χ0) is 46.5. The lowest BCUT2D eigenvalue weighted by atomic mass is 9.39. The van der Waals surface area contributed by atoms with E-state index in [1.807, 2.05) is 13.8 Å². The number of benzene rings is 1. The number of carbonyl (C=O) groups is 3. The SMILES string of the molecule is CO[C@@H](C[C@H]1C(C)=CC[C@@H]2[C@]3(C)C[C@H](O[C@@H]4O[C@H](C)[C@H](OC(=O)c5cccc(O)c5)[C@@H](O[C@@H]5O[C@H](CO)[C@@H](O)[C@H](O)[C@H]5NC(C)=O)[C@H]4O)[C@@H](O)C(C)(C)[C@H]3CC[C@]21C)[C@H](N)C(=O)O. The number of fused-ring (bicyclic) bond motifs is 3. The number of hydrogen-bond donors (Lipinski definition) is 9. The summed E-state index contributed by atoms with van der Waals surface area (Å²) in [5.74, 6) is -2.82. The number of aliphatic carboxylic acids is 1. The molecule has 1 amide bonds. The Hall–Kier alpha value is -3.27. The van der Waals surface area contributed by atoms with Crippen LogP contribution in [-0.2, 0) is 38.0 Å². The number of phenolic OH excluding ortho intramolecular Hbond substituents is 1. The maximum atomic E-state index is 13.5. The number of amides is 1. The Balaban J connectivity index is 1.32. The molecule has 4 fully saturated rings. The van der Waals surface area contributed by atoms with Gasteiger partial charge in [0.05, 0.1) is 36.6 Å². The number of aliphatic hydroxyl groups excluding tert-OH is 5. The van der Waals surface area contributed by atoms with Gasteiger partial charge >= 0.3 is 11.9 Å². The Morgan fingerprint density at radius 2 is 1.67 bits per heavy atom. The Morgan fingerprint density at radius 1 is 0.968 bits per heavy atom. The molecule has 0 radical (unpaired) electrons. The Kier molecular flexibility index (Phi) is 14.8. The van der Waals surface area contributed by atoms with Crippen LogP contribution in [0, 0.1) is 34.0 Å². The van der Waals surface area contributed by atoms with E-state index in [1.54, 1.807) is 6.92 Å². The van der Waals surface area contributed by atoms with Crippen LogP contribution < -0.4 is 11.1 Å². The minimum Gasteiger partial charge on any atom is -0.508 e. The topological polar surface area (TPSA) is 286 Å². The van der Waals surface area contributed by atoms with Gasteiger partial charge in [0.15, 0.2) is 18.7 Å². The molecule has 5 aliphatic rings. The average Bonchev–Trinajstić information content (AvgIpc) is 3.21. The normalized spacial score (nSPS) is 42.1. The molecule has 1 aromatic rings. The van der Waals surface area contributed by atoms with E-state index in [1.165, 1.54) is 38.3 Å². The van der Waals surface area contributed by atoms with E-state index >= 15 is 0 Å². The van der Waals surface area contributed by atoms with E-state index in [-0.39, 0.29) is 34.5 Å². The highest BCUT2D eigenvalue weighted by Crippen LogP contribution is 2.69. The van der Waals surface area contributed by atoms with Crippen molar-refractivity contribution in [1.29, 1.82) is 0 Å². The fraction of sp³-hybridized carbons (Fsp3) is 0.756. The van der Waals surface area contributed by atoms with Crippen LogP contribution in [-0.4, -0.2) is 153 Å². The van der Waals surface area contributed by atoms with Crippen LogP contribution >= 0.6 is 0 Å². The minimum absolute atomic E-state index is 0.0231. The zero-order valence-corrected chi connectivity index (χ0v) is 37.3. The number of carbonyl (C=O) groups excluding carboxylic acids is 2. The lowest BCUT2D eigenvalue weighted by Gasteiger charge is -2.67. The maximum absolute atomic E-state index is 13.5. The number of hydrogen-bond acceptors (Lipinski definition) is 16. The summed E-state index contributed by atoms with van der Waals surface area (Å²) in [6.45, 7) is 12.6. The molecule has 1 aromatic carbocycles. The number of phenols is 1. The number of methoxy groups -OCH3 is 1. The number of nitrogens with one attached hydrogen (secondary N) is 1. The van der Waals surface area contributed by atoms with E-state index in [0.29, 0.717) is 12.8 Å². The number of carboxylic acids is 1. The molecule has 0 aromatic heterocycles. The number of esters is 1. The van der Waals surface area contributed by atoms with Crippen LogP contribution in [0.5, 0.6) is 5.75 Å². The van der Waals surface area contributed by atoms with Gasteiger partial charge < -0.3 is 75.2 Å². The highest BCUT2D eigenvalue weighted by Gasteiger charge is 2.65.